The molecule has 1 amide bonds. The number of aryl methyl sites for hydroxylation is 1. The Labute approximate surface area is 152 Å². The number of carbonyl (C=O) groups excluding carboxylic acids is 1. The van der Waals surface area contributed by atoms with Crippen molar-refractivity contribution in [1.82, 2.24) is 4.98 Å². The van der Waals surface area contributed by atoms with Crippen LogP contribution in [0, 0.1) is 5.92 Å². The summed E-state index contributed by atoms with van der Waals surface area (Å²) in [5.74, 6) is 1.75. The van der Waals surface area contributed by atoms with E-state index in [0.29, 0.717) is 41.3 Å². The molecule has 6 heteroatoms. The molecule has 0 fully saturated rings. The first kappa shape index (κ1) is 17.7. The van der Waals surface area contributed by atoms with Crippen LogP contribution in [0.2, 0.25) is 0 Å². The predicted octanol–water partition coefficient (Wildman–Crippen LogP) is 4.32. The van der Waals surface area contributed by atoms with Gasteiger partial charge in [-0.1, -0.05) is 6.92 Å². The number of aromatic nitrogens is 1. The number of anilines is 1. The maximum absolute atomic E-state index is 12.6. The third kappa shape index (κ3) is 4.12. The lowest BCUT2D eigenvalue weighted by Gasteiger charge is -2.15. The van der Waals surface area contributed by atoms with Gasteiger partial charge < -0.3 is 9.47 Å². The molecule has 0 radical (unpaired) electrons. The summed E-state index contributed by atoms with van der Waals surface area (Å²) in [7, 11) is 0. The summed E-state index contributed by atoms with van der Waals surface area (Å²) in [5, 5.41) is 3.60. The standard InChI is InChI=1S/C19H24N2O3S/c1-4-23-15-9-7-13(11-16(15)24-5-2)18(22)21-19-20-14-8-6-12(3)10-17(14)25-19/h7,9,11-12H,4-6,8,10H2,1-3H3,(H,20,21,22). The van der Waals surface area contributed by atoms with E-state index >= 15 is 0 Å². The van der Waals surface area contributed by atoms with Gasteiger partial charge in [-0.15, -0.1) is 11.3 Å². The highest BCUT2D eigenvalue weighted by atomic mass is 32.1. The van der Waals surface area contributed by atoms with E-state index < -0.39 is 0 Å². The number of benzene rings is 1. The van der Waals surface area contributed by atoms with Gasteiger partial charge in [-0.3, -0.25) is 10.1 Å². The molecule has 1 aliphatic carbocycles. The van der Waals surface area contributed by atoms with Crippen LogP contribution in [0.25, 0.3) is 0 Å². The molecule has 134 valence electrons. The Morgan fingerprint density at radius 3 is 2.80 bits per heavy atom. The smallest absolute Gasteiger partial charge is 0.257 e. The van der Waals surface area contributed by atoms with Crippen LogP contribution in [0.5, 0.6) is 11.5 Å². The molecular formula is C19H24N2O3S. The minimum Gasteiger partial charge on any atom is -0.490 e. The van der Waals surface area contributed by atoms with Gasteiger partial charge in [0, 0.05) is 10.4 Å². The highest BCUT2D eigenvalue weighted by molar-refractivity contribution is 7.15. The Bertz CT molecular complexity index is 757. The Hall–Kier alpha value is -2.08. The van der Waals surface area contributed by atoms with Crippen molar-refractivity contribution in [2.24, 2.45) is 5.92 Å². The highest BCUT2D eigenvalue weighted by Gasteiger charge is 2.21. The molecule has 0 aliphatic heterocycles. The SMILES string of the molecule is CCOc1ccc(C(=O)Nc2nc3c(s2)CC(C)CC3)cc1OCC. The van der Waals surface area contributed by atoms with Gasteiger partial charge in [0.15, 0.2) is 16.6 Å². The maximum Gasteiger partial charge on any atom is 0.257 e. The molecule has 5 nitrogen and oxygen atoms in total. The van der Waals surface area contributed by atoms with Crippen molar-refractivity contribution >= 4 is 22.4 Å². The topological polar surface area (TPSA) is 60.5 Å². The van der Waals surface area contributed by atoms with Crippen LogP contribution in [-0.2, 0) is 12.8 Å². The fourth-order valence-electron chi connectivity index (χ4n) is 2.95. The molecule has 1 aromatic heterocycles. The summed E-state index contributed by atoms with van der Waals surface area (Å²) in [6, 6.07) is 5.25. The summed E-state index contributed by atoms with van der Waals surface area (Å²) >= 11 is 1.59. The maximum atomic E-state index is 12.6. The summed E-state index contributed by atoms with van der Waals surface area (Å²) in [5.41, 5.74) is 1.67. The predicted molar refractivity (Wildman–Crippen MR) is 100 cm³/mol. The van der Waals surface area contributed by atoms with E-state index in [4.69, 9.17) is 9.47 Å². The van der Waals surface area contributed by atoms with Gasteiger partial charge in [0.25, 0.3) is 5.91 Å². The summed E-state index contributed by atoms with van der Waals surface area (Å²) in [6.07, 6.45) is 3.22. The number of amides is 1. The molecule has 0 saturated carbocycles. The second-order valence-electron chi connectivity index (χ2n) is 6.22. The lowest BCUT2D eigenvalue weighted by atomic mass is 9.93. The fourth-order valence-corrected chi connectivity index (χ4v) is 4.12. The van der Waals surface area contributed by atoms with Crippen molar-refractivity contribution in [2.45, 2.75) is 40.0 Å². The van der Waals surface area contributed by atoms with E-state index in [-0.39, 0.29) is 5.91 Å². The minimum atomic E-state index is -0.178. The molecule has 1 unspecified atom stereocenters. The Morgan fingerprint density at radius 1 is 1.28 bits per heavy atom. The van der Waals surface area contributed by atoms with Gasteiger partial charge in [0.1, 0.15) is 0 Å². The molecule has 1 atom stereocenters. The van der Waals surface area contributed by atoms with Gasteiger partial charge in [-0.05, 0) is 57.2 Å². The van der Waals surface area contributed by atoms with E-state index in [9.17, 15) is 4.79 Å². The molecule has 1 aliphatic rings. The zero-order valence-corrected chi connectivity index (χ0v) is 15.7. The molecule has 25 heavy (non-hydrogen) atoms. The number of nitrogens with one attached hydrogen (secondary N) is 1. The number of hydrogen-bond donors (Lipinski definition) is 1. The number of ether oxygens (including phenoxy) is 2. The Balaban J connectivity index is 1.76. The van der Waals surface area contributed by atoms with Crippen LogP contribution in [0.15, 0.2) is 18.2 Å². The molecule has 2 aromatic rings. The third-order valence-corrected chi connectivity index (χ3v) is 5.25. The van der Waals surface area contributed by atoms with Crippen molar-refractivity contribution in [3.8, 4) is 11.5 Å². The number of carbonyl (C=O) groups is 1. The molecule has 0 bridgehead atoms. The van der Waals surface area contributed by atoms with Gasteiger partial charge >= 0.3 is 0 Å². The molecule has 0 saturated heterocycles. The molecule has 1 N–H and O–H groups in total. The van der Waals surface area contributed by atoms with E-state index in [0.717, 1.165) is 18.5 Å². The second kappa shape index (κ2) is 7.87. The van der Waals surface area contributed by atoms with Crippen molar-refractivity contribution < 1.29 is 14.3 Å². The number of hydrogen-bond acceptors (Lipinski definition) is 5. The zero-order chi connectivity index (χ0) is 17.8. The lowest BCUT2D eigenvalue weighted by Crippen LogP contribution is -2.12. The number of fused-ring (bicyclic) bond motifs is 1. The Morgan fingerprint density at radius 2 is 2.04 bits per heavy atom. The van der Waals surface area contributed by atoms with E-state index in [1.165, 1.54) is 11.3 Å². The first-order valence-corrected chi connectivity index (χ1v) is 9.61. The van der Waals surface area contributed by atoms with Crippen molar-refractivity contribution in [1.29, 1.82) is 0 Å². The quantitative estimate of drug-likeness (QED) is 0.833. The number of rotatable bonds is 6. The normalized spacial score (nSPS) is 16.2. The van der Waals surface area contributed by atoms with E-state index in [1.54, 1.807) is 29.5 Å². The van der Waals surface area contributed by atoms with Crippen molar-refractivity contribution in [2.75, 3.05) is 18.5 Å². The number of nitrogens with zero attached hydrogens (tertiary/aromatic N) is 1. The van der Waals surface area contributed by atoms with E-state index in [1.807, 2.05) is 13.8 Å². The molecule has 1 heterocycles. The van der Waals surface area contributed by atoms with Crippen LogP contribution in [0.4, 0.5) is 5.13 Å². The van der Waals surface area contributed by atoms with Crippen molar-refractivity contribution in [3.63, 3.8) is 0 Å². The van der Waals surface area contributed by atoms with E-state index in [2.05, 4.69) is 17.2 Å². The van der Waals surface area contributed by atoms with Crippen LogP contribution in [0.1, 0.15) is 48.1 Å². The van der Waals surface area contributed by atoms with Gasteiger partial charge in [-0.2, -0.15) is 0 Å². The number of thiazole rings is 1. The first-order chi connectivity index (χ1) is 12.1. The lowest BCUT2D eigenvalue weighted by molar-refractivity contribution is 0.102. The highest BCUT2D eigenvalue weighted by Crippen LogP contribution is 2.33. The minimum absolute atomic E-state index is 0.178. The summed E-state index contributed by atoms with van der Waals surface area (Å²) in [6.45, 7) is 7.15. The zero-order valence-electron chi connectivity index (χ0n) is 14.9. The first-order valence-electron chi connectivity index (χ1n) is 8.80. The van der Waals surface area contributed by atoms with Crippen LogP contribution < -0.4 is 14.8 Å². The fraction of sp³-hybridized carbons (Fsp3) is 0.474. The van der Waals surface area contributed by atoms with Crippen LogP contribution >= 0.6 is 11.3 Å². The second-order valence-corrected chi connectivity index (χ2v) is 7.30. The molecule has 3 rings (SSSR count). The average molecular weight is 360 g/mol. The molecule has 0 spiro atoms. The summed E-state index contributed by atoms with van der Waals surface area (Å²) in [4.78, 5) is 18.5. The largest absolute Gasteiger partial charge is 0.490 e. The average Bonchev–Trinajstić information content (AvgIpc) is 2.98. The van der Waals surface area contributed by atoms with Crippen LogP contribution in [-0.4, -0.2) is 24.1 Å². The summed E-state index contributed by atoms with van der Waals surface area (Å²) < 4.78 is 11.1. The van der Waals surface area contributed by atoms with Gasteiger partial charge in [-0.25, -0.2) is 4.98 Å². The van der Waals surface area contributed by atoms with Gasteiger partial charge in [0.05, 0.1) is 18.9 Å². The van der Waals surface area contributed by atoms with Crippen LogP contribution in [0.3, 0.4) is 0 Å². The Kier molecular flexibility index (Phi) is 5.58. The molecule has 1 aromatic carbocycles. The van der Waals surface area contributed by atoms with Gasteiger partial charge in [0.2, 0.25) is 0 Å². The van der Waals surface area contributed by atoms with Crippen molar-refractivity contribution in [3.05, 3.63) is 34.3 Å². The monoisotopic (exact) mass is 360 g/mol. The molecular weight excluding hydrogens is 336 g/mol. The third-order valence-electron chi connectivity index (χ3n) is 4.21.